The minimum atomic E-state index is -0.449. The first kappa shape index (κ1) is 18.5. The number of ether oxygens (including phenoxy) is 1. The van der Waals surface area contributed by atoms with E-state index in [0.29, 0.717) is 6.04 Å². The van der Waals surface area contributed by atoms with Crippen molar-refractivity contribution < 1.29 is 14.6 Å². The number of amides is 1. The first-order valence-corrected chi connectivity index (χ1v) is 9.16. The number of hydrogen-bond acceptors (Lipinski definition) is 4. The van der Waals surface area contributed by atoms with Gasteiger partial charge in [0.1, 0.15) is 5.60 Å². The monoisotopic (exact) mass is 326 g/mol. The molecule has 134 valence electrons. The summed E-state index contributed by atoms with van der Waals surface area (Å²) in [5.41, 5.74) is -0.836. The van der Waals surface area contributed by atoms with Crippen LogP contribution in [0.2, 0.25) is 0 Å². The van der Waals surface area contributed by atoms with E-state index in [4.69, 9.17) is 4.74 Å². The summed E-state index contributed by atoms with van der Waals surface area (Å²) in [5, 5.41) is 13.7. The van der Waals surface area contributed by atoms with E-state index in [1.165, 1.54) is 0 Å². The summed E-state index contributed by atoms with van der Waals surface area (Å²) in [5.74, 6) is 0. The highest BCUT2D eigenvalue weighted by atomic mass is 16.6. The molecule has 2 fully saturated rings. The van der Waals surface area contributed by atoms with Crippen molar-refractivity contribution in [3.63, 3.8) is 0 Å². The predicted octanol–water partition coefficient (Wildman–Crippen LogP) is 3.06. The summed E-state index contributed by atoms with van der Waals surface area (Å²) in [7, 11) is 0. The van der Waals surface area contributed by atoms with Gasteiger partial charge in [-0.25, -0.2) is 4.79 Å². The van der Waals surface area contributed by atoms with Crippen LogP contribution in [0.4, 0.5) is 4.79 Å². The van der Waals surface area contributed by atoms with Crippen molar-refractivity contribution in [1.82, 2.24) is 10.2 Å². The zero-order valence-electron chi connectivity index (χ0n) is 15.2. The average molecular weight is 326 g/mol. The van der Waals surface area contributed by atoms with E-state index < -0.39 is 5.60 Å². The van der Waals surface area contributed by atoms with E-state index >= 15 is 0 Å². The molecule has 0 bridgehead atoms. The van der Waals surface area contributed by atoms with Crippen molar-refractivity contribution >= 4 is 6.09 Å². The fourth-order valence-corrected chi connectivity index (χ4v) is 3.53. The van der Waals surface area contributed by atoms with E-state index in [0.717, 1.165) is 58.0 Å². The van der Waals surface area contributed by atoms with Crippen LogP contribution in [0.3, 0.4) is 0 Å². The number of carbonyl (C=O) groups excluding carboxylic acids is 1. The van der Waals surface area contributed by atoms with Crippen molar-refractivity contribution in [3.05, 3.63) is 0 Å². The summed E-state index contributed by atoms with van der Waals surface area (Å²) >= 11 is 0. The van der Waals surface area contributed by atoms with Gasteiger partial charge in [0.2, 0.25) is 0 Å². The van der Waals surface area contributed by atoms with E-state index in [-0.39, 0.29) is 17.7 Å². The van der Waals surface area contributed by atoms with Crippen LogP contribution in [0.15, 0.2) is 0 Å². The fourth-order valence-electron chi connectivity index (χ4n) is 3.53. The molecule has 1 aliphatic heterocycles. The highest BCUT2D eigenvalue weighted by molar-refractivity contribution is 5.68. The highest BCUT2D eigenvalue weighted by Gasteiger charge is 2.35. The number of likely N-dealkylation sites (tertiary alicyclic amines) is 1. The molecule has 2 rings (SSSR count). The molecule has 1 aliphatic carbocycles. The van der Waals surface area contributed by atoms with Crippen LogP contribution in [0.25, 0.3) is 0 Å². The third-order valence-electron chi connectivity index (χ3n) is 5.13. The number of rotatable bonds is 5. The molecule has 2 N–H and O–H groups in total. The van der Waals surface area contributed by atoms with E-state index in [9.17, 15) is 9.90 Å². The van der Waals surface area contributed by atoms with Gasteiger partial charge in [0.25, 0.3) is 0 Å². The Morgan fingerprint density at radius 1 is 1.35 bits per heavy atom. The zero-order valence-corrected chi connectivity index (χ0v) is 15.2. The maximum absolute atomic E-state index is 12.3. The summed E-state index contributed by atoms with van der Waals surface area (Å²) in [4.78, 5) is 14.2. The molecule has 23 heavy (non-hydrogen) atoms. The van der Waals surface area contributed by atoms with Gasteiger partial charge in [-0.3, -0.25) is 0 Å². The van der Waals surface area contributed by atoms with Gasteiger partial charge in [-0.2, -0.15) is 0 Å². The van der Waals surface area contributed by atoms with E-state index in [1.807, 2.05) is 25.7 Å². The second-order valence-corrected chi connectivity index (χ2v) is 8.30. The third-order valence-corrected chi connectivity index (χ3v) is 5.13. The molecular weight excluding hydrogens is 292 g/mol. The van der Waals surface area contributed by atoms with E-state index in [1.54, 1.807) is 0 Å². The van der Waals surface area contributed by atoms with Gasteiger partial charge in [0, 0.05) is 18.6 Å². The minimum Gasteiger partial charge on any atom is -0.444 e. The second-order valence-electron chi connectivity index (χ2n) is 8.30. The Morgan fingerprint density at radius 2 is 2.04 bits per heavy atom. The van der Waals surface area contributed by atoms with E-state index in [2.05, 4.69) is 12.2 Å². The molecule has 5 heteroatoms. The molecular formula is C18H34N2O3. The molecule has 1 saturated heterocycles. The lowest BCUT2D eigenvalue weighted by Crippen LogP contribution is -2.55. The molecule has 2 atom stereocenters. The van der Waals surface area contributed by atoms with Crippen molar-refractivity contribution in [2.24, 2.45) is 0 Å². The Hall–Kier alpha value is -0.810. The number of hydrogen-bond donors (Lipinski definition) is 2. The van der Waals surface area contributed by atoms with Gasteiger partial charge in [-0.05, 0) is 79.2 Å². The largest absolute Gasteiger partial charge is 0.444 e. The molecule has 0 radical (unpaired) electrons. The molecule has 5 nitrogen and oxygen atoms in total. The molecule has 0 aromatic carbocycles. The van der Waals surface area contributed by atoms with Gasteiger partial charge in [0.05, 0.1) is 5.60 Å². The lowest BCUT2D eigenvalue weighted by atomic mass is 9.77. The molecule has 2 aliphatic rings. The van der Waals surface area contributed by atoms with Gasteiger partial charge in [-0.15, -0.1) is 0 Å². The summed E-state index contributed by atoms with van der Waals surface area (Å²) in [6.07, 6.45) is 6.84. The molecule has 0 aromatic heterocycles. The fraction of sp³-hybridized carbons (Fsp3) is 0.944. The number of nitrogens with zero attached hydrogens (tertiary/aromatic N) is 1. The van der Waals surface area contributed by atoms with Crippen LogP contribution in [-0.2, 0) is 4.74 Å². The lowest BCUT2D eigenvalue weighted by Gasteiger charge is -2.40. The Balaban J connectivity index is 1.75. The van der Waals surface area contributed by atoms with Crippen LogP contribution in [0, 0.1) is 0 Å². The van der Waals surface area contributed by atoms with Crippen molar-refractivity contribution in [1.29, 1.82) is 0 Å². The lowest BCUT2D eigenvalue weighted by molar-refractivity contribution is -0.0416. The van der Waals surface area contributed by atoms with Crippen molar-refractivity contribution in [2.75, 3.05) is 13.1 Å². The molecule has 2 unspecified atom stereocenters. The third kappa shape index (κ3) is 5.35. The number of piperidine rings is 1. The summed E-state index contributed by atoms with van der Waals surface area (Å²) in [6.45, 7) is 9.48. The molecule has 1 saturated carbocycles. The summed E-state index contributed by atoms with van der Waals surface area (Å²) in [6, 6.07) is 0.456. The number of carbonyl (C=O) groups is 1. The quantitative estimate of drug-likeness (QED) is 0.762. The first-order chi connectivity index (χ1) is 10.7. The Labute approximate surface area is 140 Å². The maximum Gasteiger partial charge on any atom is 0.410 e. The maximum atomic E-state index is 12.3. The van der Waals surface area contributed by atoms with Gasteiger partial charge in [-0.1, -0.05) is 0 Å². The van der Waals surface area contributed by atoms with Crippen LogP contribution >= 0.6 is 0 Å². The van der Waals surface area contributed by atoms with Crippen LogP contribution in [-0.4, -0.2) is 52.5 Å². The van der Waals surface area contributed by atoms with Crippen molar-refractivity contribution in [3.8, 4) is 0 Å². The van der Waals surface area contributed by atoms with Gasteiger partial charge < -0.3 is 20.1 Å². The Kier molecular flexibility index (Phi) is 5.95. The average Bonchev–Trinajstić information content (AvgIpc) is 2.41. The topological polar surface area (TPSA) is 61.8 Å². The van der Waals surface area contributed by atoms with Crippen molar-refractivity contribution in [2.45, 2.75) is 95.9 Å². The smallest absolute Gasteiger partial charge is 0.410 e. The standard InChI is InChI=1S/C18H34N2O3/c1-14-15(19-12-7-11-18(22)9-6-10-18)8-5-13-20(14)16(21)23-17(2,3)4/h14-15,19,22H,5-13H2,1-4H3. The normalized spacial score (nSPS) is 27.4. The summed E-state index contributed by atoms with van der Waals surface area (Å²) < 4.78 is 5.51. The molecule has 1 heterocycles. The first-order valence-electron chi connectivity index (χ1n) is 9.16. The zero-order chi connectivity index (χ0) is 17.1. The van der Waals surface area contributed by atoms with Crippen LogP contribution < -0.4 is 5.32 Å². The Morgan fingerprint density at radius 3 is 2.61 bits per heavy atom. The van der Waals surface area contributed by atoms with Crippen LogP contribution in [0.1, 0.15) is 72.6 Å². The predicted molar refractivity (Wildman–Crippen MR) is 91.5 cm³/mol. The molecule has 1 amide bonds. The Bertz CT molecular complexity index is 402. The highest BCUT2D eigenvalue weighted by Crippen LogP contribution is 2.35. The molecule has 0 spiro atoms. The van der Waals surface area contributed by atoms with Crippen LogP contribution in [0.5, 0.6) is 0 Å². The van der Waals surface area contributed by atoms with Gasteiger partial charge in [0.15, 0.2) is 0 Å². The minimum absolute atomic E-state index is 0.144. The SMILES string of the molecule is CC1C(NCCCC2(O)CCC2)CCCN1C(=O)OC(C)(C)C. The molecule has 0 aromatic rings. The van der Waals surface area contributed by atoms with Gasteiger partial charge >= 0.3 is 6.09 Å². The number of nitrogens with one attached hydrogen (secondary N) is 1. The number of aliphatic hydroxyl groups is 1. The second kappa shape index (κ2) is 7.39.